The van der Waals surface area contributed by atoms with Crippen LogP contribution in [0.15, 0.2) is 36.9 Å². The fraction of sp³-hybridized carbons (Fsp3) is 0.350. The lowest BCUT2D eigenvalue weighted by atomic mass is 10.1. The van der Waals surface area contributed by atoms with E-state index in [1.54, 1.807) is 18.3 Å². The summed E-state index contributed by atoms with van der Waals surface area (Å²) in [5.74, 6) is -1.05. The predicted octanol–water partition coefficient (Wildman–Crippen LogP) is 3.33. The van der Waals surface area contributed by atoms with Gasteiger partial charge in [0.2, 0.25) is 5.95 Å². The summed E-state index contributed by atoms with van der Waals surface area (Å²) in [5.41, 5.74) is 2.44. The molecular formula is C20H20F2N6O2. The highest BCUT2D eigenvalue weighted by atomic mass is 19.3. The number of aromatic nitrogens is 4. The summed E-state index contributed by atoms with van der Waals surface area (Å²) in [6, 6.07) is 4.57. The molecule has 4 heterocycles. The van der Waals surface area contributed by atoms with Crippen LogP contribution in [0.3, 0.4) is 0 Å². The average Bonchev–Trinajstić information content (AvgIpc) is 3.30. The fourth-order valence-electron chi connectivity index (χ4n) is 3.83. The minimum Gasteiger partial charge on any atom is -0.494 e. The summed E-state index contributed by atoms with van der Waals surface area (Å²) < 4.78 is 41.0. The molecule has 0 amide bonds. The Morgan fingerprint density at radius 1 is 1.30 bits per heavy atom. The molecule has 0 saturated carbocycles. The third-order valence-electron chi connectivity index (χ3n) is 5.38. The molecule has 0 bridgehead atoms. The Morgan fingerprint density at radius 2 is 2.17 bits per heavy atom. The average molecular weight is 414 g/mol. The number of ether oxygens (including phenoxy) is 2. The van der Waals surface area contributed by atoms with E-state index in [0.717, 1.165) is 11.4 Å². The van der Waals surface area contributed by atoms with Gasteiger partial charge in [-0.3, -0.25) is 0 Å². The topological polar surface area (TPSA) is 77.3 Å². The van der Waals surface area contributed by atoms with Crippen LogP contribution in [0.4, 0.5) is 26.2 Å². The molecule has 1 saturated heterocycles. The Morgan fingerprint density at radius 3 is 2.93 bits per heavy atom. The van der Waals surface area contributed by atoms with E-state index in [1.807, 2.05) is 35.9 Å². The van der Waals surface area contributed by atoms with Gasteiger partial charge in [-0.1, -0.05) is 0 Å². The van der Waals surface area contributed by atoms with Gasteiger partial charge in [0.15, 0.2) is 11.6 Å². The first kappa shape index (κ1) is 18.6. The Labute approximate surface area is 171 Å². The highest BCUT2D eigenvalue weighted by Crippen LogP contribution is 2.43. The van der Waals surface area contributed by atoms with Gasteiger partial charge in [0, 0.05) is 30.9 Å². The molecule has 0 radical (unpaired) electrons. The number of hydrogen-bond donors (Lipinski definition) is 1. The van der Waals surface area contributed by atoms with Crippen LogP contribution in [0.5, 0.6) is 11.5 Å². The molecule has 1 atom stereocenters. The summed E-state index contributed by atoms with van der Waals surface area (Å²) in [7, 11) is 1.59. The van der Waals surface area contributed by atoms with Crippen LogP contribution in [0, 0.1) is 6.92 Å². The first-order valence-electron chi connectivity index (χ1n) is 9.55. The van der Waals surface area contributed by atoms with Gasteiger partial charge in [-0.15, -0.1) is 0 Å². The largest absolute Gasteiger partial charge is 0.494 e. The maximum atomic E-state index is 14.1. The van der Waals surface area contributed by atoms with E-state index >= 15 is 0 Å². The van der Waals surface area contributed by atoms with E-state index < -0.39 is 12.0 Å². The van der Waals surface area contributed by atoms with Crippen molar-refractivity contribution in [2.24, 2.45) is 0 Å². The van der Waals surface area contributed by atoms with Crippen LogP contribution >= 0.6 is 0 Å². The molecule has 8 nitrogen and oxygen atoms in total. The van der Waals surface area contributed by atoms with Crippen molar-refractivity contribution in [3.63, 3.8) is 0 Å². The summed E-state index contributed by atoms with van der Waals surface area (Å²) >= 11 is 0. The van der Waals surface area contributed by atoms with Crippen molar-refractivity contribution < 1.29 is 18.3 Å². The summed E-state index contributed by atoms with van der Waals surface area (Å²) in [6.45, 7) is 2.08. The van der Waals surface area contributed by atoms with Crippen LogP contribution in [-0.2, 0) is 0 Å². The molecule has 2 aliphatic heterocycles. The highest BCUT2D eigenvalue weighted by Gasteiger charge is 2.52. The van der Waals surface area contributed by atoms with Crippen LogP contribution < -0.4 is 19.7 Å². The smallest absolute Gasteiger partial charge is 0.273 e. The predicted molar refractivity (Wildman–Crippen MR) is 106 cm³/mol. The zero-order valence-corrected chi connectivity index (χ0v) is 16.5. The maximum Gasteiger partial charge on any atom is 0.273 e. The fourth-order valence-corrected chi connectivity index (χ4v) is 3.83. The second-order valence-electron chi connectivity index (χ2n) is 7.35. The van der Waals surface area contributed by atoms with E-state index in [1.165, 1.54) is 6.20 Å². The molecule has 0 spiro atoms. The van der Waals surface area contributed by atoms with Crippen LogP contribution in [-0.4, -0.2) is 51.7 Å². The number of halogens is 2. The van der Waals surface area contributed by atoms with Gasteiger partial charge < -0.3 is 24.3 Å². The van der Waals surface area contributed by atoms with Crippen molar-refractivity contribution >= 4 is 17.5 Å². The summed E-state index contributed by atoms with van der Waals surface area (Å²) in [4.78, 5) is 14.6. The number of nitrogens with zero attached hydrogens (tertiary/aromatic N) is 5. The molecule has 1 N–H and O–H groups in total. The SMILES string of the molecule is COc1cc(Nc2ncc3c(n2)N2CCC(F)(F)C2CO3)ccc1-n1cnc(C)c1. The number of fused-ring (bicyclic) bond motifs is 3. The third-order valence-corrected chi connectivity index (χ3v) is 5.38. The molecule has 2 aliphatic rings. The number of benzene rings is 1. The first-order chi connectivity index (χ1) is 14.4. The zero-order valence-electron chi connectivity index (χ0n) is 16.5. The van der Waals surface area contributed by atoms with Gasteiger partial charge in [0.25, 0.3) is 5.92 Å². The number of imidazole rings is 1. The van der Waals surface area contributed by atoms with Crippen molar-refractivity contribution in [3.8, 4) is 17.2 Å². The molecule has 30 heavy (non-hydrogen) atoms. The quantitative estimate of drug-likeness (QED) is 0.702. The zero-order chi connectivity index (χ0) is 20.9. The van der Waals surface area contributed by atoms with Crippen LogP contribution in [0.25, 0.3) is 5.69 Å². The van der Waals surface area contributed by atoms with Gasteiger partial charge in [-0.25, -0.2) is 18.7 Å². The second-order valence-corrected chi connectivity index (χ2v) is 7.35. The molecule has 1 fully saturated rings. The van der Waals surface area contributed by atoms with E-state index in [9.17, 15) is 8.78 Å². The minimum absolute atomic E-state index is 0.0669. The second kappa shape index (κ2) is 6.82. The van der Waals surface area contributed by atoms with Crippen LogP contribution in [0.1, 0.15) is 12.1 Å². The van der Waals surface area contributed by atoms with Crippen molar-refractivity contribution in [2.45, 2.75) is 25.3 Å². The Balaban J connectivity index is 1.42. The lowest BCUT2D eigenvalue weighted by Gasteiger charge is -2.33. The van der Waals surface area contributed by atoms with E-state index in [2.05, 4.69) is 20.3 Å². The number of methoxy groups -OCH3 is 1. The standard InChI is InChI=1S/C20H20F2N6O2/c1-12-9-27(11-24-12)14-4-3-13(7-15(14)29-2)25-19-23-8-16-18(26-19)28-6-5-20(21,22)17(28)10-30-16/h3-4,7-9,11,17H,5-6,10H2,1-2H3,(H,23,25,26). The molecule has 0 aliphatic carbocycles. The van der Waals surface area contributed by atoms with Crippen molar-refractivity contribution in [3.05, 3.63) is 42.6 Å². The number of anilines is 3. The van der Waals surface area contributed by atoms with Crippen molar-refractivity contribution in [2.75, 3.05) is 30.5 Å². The molecule has 3 aromatic rings. The van der Waals surface area contributed by atoms with Crippen molar-refractivity contribution in [1.29, 1.82) is 0 Å². The normalized spacial score (nSPS) is 19.1. The third kappa shape index (κ3) is 3.08. The number of rotatable bonds is 4. The molecule has 156 valence electrons. The Hall–Kier alpha value is -3.43. The number of hydrogen-bond acceptors (Lipinski definition) is 7. The lowest BCUT2D eigenvalue weighted by Crippen LogP contribution is -2.46. The van der Waals surface area contributed by atoms with Gasteiger partial charge in [-0.2, -0.15) is 4.98 Å². The first-order valence-corrected chi connectivity index (χ1v) is 9.55. The van der Waals surface area contributed by atoms with E-state index in [0.29, 0.717) is 29.0 Å². The lowest BCUT2D eigenvalue weighted by molar-refractivity contribution is -0.0213. The van der Waals surface area contributed by atoms with Gasteiger partial charge in [-0.05, 0) is 19.1 Å². The van der Waals surface area contributed by atoms with Crippen LogP contribution in [0.2, 0.25) is 0 Å². The monoisotopic (exact) mass is 414 g/mol. The molecule has 1 unspecified atom stereocenters. The minimum atomic E-state index is -2.79. The van der Waals surface area contributed by atoms with Gasteiger partial charge >= 0.3 is 0 Å². The number of alkyl halides is 2. The molecular weight excluding hydrogens is 394 g/mol. The Kier molecular flexibility index (Phi) is 4.23. The van der Waals surface area contributed by atoms with Gasteiger partial charge in [0.1, 0.15) is 18.4 Å². The Bertz CT molecular complexity index is 1100. The molecule has 1 aromatic carbocycles. The summed E-state index contributed by atoms with van der Waals surface area (Å²) in [6.07, 6.45) is 4.92. The van der Waals surface area contributed by atoms with Gasteiger partial charge in [0.05, 0.1) is 31.0 Å². The van der Waals surface area contributed by atoms with E-state index in [4.69, 9.17) is 9.47 Å². The highest BCUT2D eigenvalue weighted by molar-refractivity contribution is 5.64. The number of aryl methyl sites for hydroxylation is 1. The maximum absolute atomic E-state index is 14.1. The molecule has 10 heteroatoms. The molecule has 5 rings (SSSR count). The van der Waals surface area contributed by atoms with E-state index in [-0.39, 0.29) is 19.6 Å². The molecule has 2 aromatic heterocycles. The summed E-state index contributed by atoms with van der Waals surface area (Å²) in [5, 5.41) is 3.12. The number of nitrogens with one attached hydrogen (secondary N) is 1. The van der Waals surface area contributed by atoms with Crippen molar-refractivity contribution in [1.82, 2.24) is 19.5 Å².